The molecule has 24 heavy (non-hydrogen) atoms. The summed E-state index contributed by atoms with van der Waals surface area (Å²) in [5, 5.41) is 8.93. The van der Waals surface area contributed by atoms with E-state index < -0.39 is 0 Å². The average molecular weight is 360 g/mol. The van der Waals surface area contributed by atoms with Crippen molar-refractivity contribution in [3.8, 4) is 0 Å². The van der Waals surface area contributed by atoms with Crippen molar-refractivity contribution in [3.05, 3.63) is 51.9 Å². The van der Waals surface area contributed by atoms with Gasteiger partial charge in [0.25, 0.3) is 5.91 Å². The number of hydrogen-bond acceptors (Lipinski definition) is 4. The minimum absolute atomic E-state index is 0.106. The number of imidazole rings is 1. The van der Waals surface area contributed by atoms with Crippen molar-refractivity contribution in [1.29, 1.82) is 0 Å². The van der Waals surface area contributed by atoms with Gasteiger partial charge in [0.15, 0.2) is 0 Å². The van der Waals surface area contributed by atoms with Crippen LogP contribution in [0.1, 0.15) is 21.1 Å². The van der Waals surface area contributed by atoms with E-state index in [0.29, 0.717) is 16.4 Å². The molecule has 0 aromatic carbocycles. The van der Waals surface area contributed by atoms with Crippen LogP contribution in [-0.2, 0) is 13.6 Å². The average Bonchev–Trinajstić information content (AvgIpc) is 3.21. The number of pyridine rings is 1. The van der Waals surface area contributed by atoms with Crippen molar-refractivity contribution in [2.24, 2.45) is 7.05 Å². The van der Waals surface area contributed by atoms with Crippen LogP contribution in [0, 0.1) is 6.92 Å². The summed E-state index contributed by atoms with van der Waals surface area (Å²) >= 11 is 7.41. The van der Waals surface area contributed by atoms with Gasteiger partial charge in [-0.15, -0.1) is 11.3 Å². The number of hydrogen-bond donors (Lipinski definition) is 1. The number of halogens is 1. The number of amides is 1. The molecule has 0 unspecified atom stereocenters. The number of rotatable bonds is 3. The predicted octanol–water partition coefficient (Wildman–Crippen LogP) is 3.17. The van der Waals surface area contributed by atoms with Gasteiger partial charge >= 0.3 is 0 Å². The Balaban J connectivity index is 1.53. The first-order valence-corrected chi connectivity index (χ1v) is 8.55. The van der Waals surface area contributed by atoms with E-state index in [4.69, 9.17) is 11.6 Å². The molecule has 6 nitrogen and oxygen atoms in total. The molecule has 4 rings (SSSR count). The van der Waals surface area contributed by atoms with Gasteiger partial charge in [0.2, 0.25) is 0 Å². The standard InChI is InChI=1S/C16H14ClN5OS/c1-9-12-5-13(24-16(12)21(2)20-9)15(23)18-6-11-8-22-7-10(17)3-4-14(22)19-11/h3-5,7-8H,6H2,1-2H3,(H,18,23). The molecular weight excluding hydrogens is 346 g/mol. The molecule has 0 aliphatic heterocycles. The zero-order valence-corrected chi connectivity index (χ0v) is 14.6. The highest BCUT2D eigenvalue weighted by molar-refractivity contribution is 7.20. The van der Waals surface area contributed by atoms with Crippen LogP contribution in [0.15, 0.2) is 30.6 Å². The summed E-state index contributed by atoms with van der Waals surface area (Å²) in [7, 11) is 1.88. The largest absolute Gasteiger partial charge is 0.346 e. The zero-order chi connectivity index (χ0) is 16.8. The first-order valence-electron chi connectivity index (χ1n) is 7.36. The molecular formula is C16H14ClN5OS. The van der Waals surface area contributed by atoms with Gasteiger partial charge in [-0.3, -0.25) is 9.48 Å². The maximum absolute atomic E-state index is 12.4. The lowest BCUT2D eigenvalue weighted by Crippen LogP contribution is -2.21. The van der Waals surface area contributed by atoms with Gasteiger partial charge in [-0.05, 0) is 25.1 Å². The summed E-state index contributed by atoms with van der Waals surface area (Å²) in [4.78, 5) is 18.5. The predicted molar refractivity (Wildman–Crippen MR) is 94.7 cm³/mol. The fraction of sp³-hybridized carbons (Fsp3) is 0.188. The van der Waals surface area contributed by atoms with Crippen molar-refractivity contribution < 1.29 is 4.79 Å². The minimum Gasteiger partial charge on any atom is -0.346 e. The number of aryl methyl sites for hydroxylation is 2. The van der Waals surface area contributed by atoms with Crippen molar-refractivity contribution in [2.45, 2.75) is 13.5 Å². The Labute approximate surface area is 146 Å². The first-order chi connectivity index (χ1) is 11.5. The molecule has 4 aromatic heterocycles. The summed E-state index contributed by atoms with van der Waals surface area (Å²) in [6.07, 6.45) is 3.65. The smallest absolute Gasteiger partial charge is 0.261 e. The fourth-order valence-electron chi connectivity index (χ4n) is 2.68. The van der Waals surface area contributed by atoms with Crippen LogP contribution >= 0.6 is 22.9 Å². The molecule has 4 aromatic rings. The first kappa shape index (κ1) is 15.2. The summed E-state index contributed by atoms with van der Waals surface area (Å²) in [6, 6.07) is 5.52. The van der Waals surface area contributed by atoms with Crippen LogP contribution in [0.3, 0.4) is 0 Å². The fourth-order valence-corrected chi connectivity index (χ4v) is 3.89. The SMILES string of the molecule is Cc1nn(C)c2sc(C(=O)NCc3cn4cc(Cl)ccc4n3)cc12. The monoisotopic (exact) mass is 359 g/mol. The van der Waals surface area contributed by atoms with E-state index >= 15 is 0 Å². The molecule has 1 amide bonds. The lowest BCUT2D eigenvalue weighted by atomic mass is 10.3. The number of carbonyl (C=O) groups excluding carboxylic acids is 1. The molecule has 0 atom stereocenters. The second-order valence-electron chi connectivity index (χ2n) is 5.57. The second kappa shape index (κ2) is 5.61. The maximum Gasteiger partial charge on any atom is 0.261 e. The van der Waals surface area contributed by atoms with Crippen molar-refractivity contribution in [3.63, 3.8) is 0 Å². The highest BCUT2D eigenvalue weighted by Gasteiger charge is 2.15. The van der Waals surface area contributed by atoms with Crippen LogP contribution in [0.25, 0.3) is 15.9 Å². The number of nitrogens with one attached hydrogen (secondary N) is 1. The van der Waals surface area contributed by atoms with E-state index in [2.05, 4.69) is 15.4 Å². The lowest BCUT2D eigenvalue weighted by Gasteiger charge is -2.00. The Kier molecular flexibility index (Phi) is 3.54. The van der Waals surface area contributed by atoms with Gasteiger partial charge in [-0.1, -0.05) is 11.6 Å². The quantitative estimate of drug-likeness (QED) is 0.611. The maximum atomic E-state index is 12.4. The van der Waals surface area contributed by atoms with Crippen molar-refractivity contribution >= 4 is 44.7 Å². The molecule has 4 heterocycles. The van der Waals surface area contributed by atoms with Crippen molar-refractivity contribution in [1.82, 2.24) is 24.5 Å². The number of carbonyl (C=O) groups is 1. The third kappa shape index (κ3) is 2.55. The van der Waals surface area contributed by atoms with Crippen LogP contribution in [0.5, 0.6) is 0 Å². The number of nitrogens with zero attached hydrogens (tertiary/aromatic N) is 4. The Hall–Kier alpha value is -2.38. The third-order valence-corrected chi connectivity index (χ3v) is 5.24. The minimum atomic E-state index is -0.106. The molecule has 8 heteroatoms. The van der Waals surface area contributed by atoms with Gasteiger partial charge < -0.3 is 9.72 Å². The van der Waals surface area contributed by atoms with Crippen LogP contribution in [0.2, 0.25) is 5.02 Å². The molecule has 0 saturated heterocycles. The topological polar surface area (TPSA) is 64.2 Å². The Bertz CT molecular complexity index is 1040. The Morgan fingerprint density at radius 2 is 2.21 bits per heavy atom. The molecule has 0 spiro atoms. The van der Waals surface area contributed by atoms with E-state index in [-0.39, 0.29) is 5.91 Å². The molecule has 0 fully saturated rings. The highest BCUT2D eigenvalue weighted by Crippen LogP contribution is 2.27. The molecule has 0 aliphatic carbocycles. The van der Waals surface area contributed by atoms with Gasteiger partial charge in [0.05, 0.1) is 27.8 Å². The number of thiophene rings is 1. The third-order valence-electron chi connectivity index (χ3n) is 3.81. The van der Waals surface area contributed by atoms with Crippen LogP contribution in [0.4, 0.5) is 0 Å². The molecule has 1 N–H and O–H groups in total. The summed E-state index contributed by atoms with van der Waals surface area (Å²) < 4.78 is 3.65. The summed E-state index contributed by atoms with van der Waals surface area (Å²) in [5.41, 5.74) is 2.51. The van der Waals surface area contributed by atoms with E-state index in [1.807, 2.05) is 36.7 Å². The van der Waals surface area contributed by atoms with Gasteiger partial charge in [0, 0.05) is 24.8 Å². The zero-order valence-electron chi connectivity index (χ0n) is 13.1. The Morgan fingerprint density at radius 1 is 1.38 bits per heavy atom. The highest BCUT2D eigenvalue weighted by atomic mass is 35.5. The number of aromatic nitrogens is 4. The molecule has 122 valence electrons. The van der Waals surface area contributed by atoms with E-state index in [1.165, 1.54) is 11.3 Å². The van der Waals surface area contributed by atoms with Gasteiger partial charge in [-0.2, -0.15) is 5.10 Å². The van der Waals surface area contributed by atoms with Crippen LogP contribution < -0.4 is 5.32 Å². The summed E-state index contributed by atoms with van der Waals surface area (Å²) in [5.74, 6) is -0.106. The van der Waals surface area contributed by atoms with Crippen LogP contribution in [-0.4, -0.2) is 25.1 Å². The van der Waals surface area contributed by atoms with Gasteiger partial charge in [-0.25, -0.2) is 4.98 Å². The number of fused-ring (bicyclic) bond motifs is 2. The molecule has 0 radical (unpaired) electrons. The van der Waals surface area contributed by atoms with E-state index in [9.17, 15) is 4.79 Å². The molecule has 0 saturated carbocycles. The van der Waals surface area contributed by atoms with Crippen molar-refractivity contribution in [2.75, 3.05) is 0 Å². The molecule has 0 aliphatic rings. The van der Waals surface area contributed by atoms with E-state index in [1.54, 1.807) is 16.9 Å². The van der Waals surface area contributed by atoms with Gasteiger partial charge in [0.1, 0.15) is 10.5 Å². The Morgan fingerprint density at radius 3 is 3.00 bits per heavy atom. The lowest BCUT2D eigenvalue weighted by molar-refractivity contribution is 0.0954. The molecule has 0 bridgehead atoms. The second-order valence-corrected chi connectivity index (χ2v) is 7.03. The van der Waals surface area contributed by atoms with E-state index in [0.717, 1.165) is 27.3 Å². The normalized spacial score (nSPS) is 11.5. The summed E-state index contributed by atoms with van der Waals surface area (Å²) in [6.45, 7) is 2.31.